The predicted octanol–water partition coefficient (Wildman–Crippen LogP) is 1.21. The first-order valence-corrected chi connectivity index (χ1v) is 4.86. The van der Waals surface area contributed by atoms with Gasteiger partial charge in [0, 0.05) is 19.0 Å². The van der Waals surface area contributed by atoms with Crippen LogP contribution in [0.25, 0.3) is 0 Å². The molecule has 0 unspecified atom stereocenters. The highest BCUT2D eigenvalue weighted by atomic mass is 16.5. The molecule has 1 aromatic rings. The molecule has 0 amide bonds. The summed E-state index contributed by atoms with van der Waals surface area (Å²) in [5.74, 6) is 1.93. The van der Waals surface area contributed by atoms with E-state index in [1.807, 2.05) is 0 Å². The van der Waals surface area contributed by atoms with Crippen molar-refractivity contribution in [2.75, 3.05) is 7.11 Å². The minimum absolute atomic E-state index is 0.342. The van der Waals surface area contributed by atoms with Gasteiger partial charge in [0.2, 0.25) is 5.88 Å². The maximum absolute atomic E-state index is 5.26. The van der Waals surface area contributed by atoms with Crippen LogP contribution in [0.4, 0.5) is 0 Å². The van der Waals surface area contributed by atoms with Crippen LogP contribution in [-0.4, -0.2) is 17.1 Å². The first-order chi connectivity index (χ1) is 6.72. The Morgan fingerprint density at radius 1 is 1.29 bits per heavy atom. The summed E-state index contributed by atoms with van der Waals surface area (Å²) in [6, 6.07) is 0. The Morgan fingerprint density at radius 3 is 2.71 bits per heavy atom. The average molecular weight is 193 g/mol. The largest absolute Gasteiger partial charge is 0.481 e. The molecule has 0 saturated heterocycles. The summed E-state index contributed by atoms with van der Waals surface area (Å²) < 4.78 is 5.26. The standard InChI is InChI=1S/C10H15N3O/c1-6(2)9-12-8-5-11-4-7(8)10(13-9)14-3/h6,11H,4-5H2,1-3H3. The third-order valence-corrected chi connectivity index (χ3v) is 2.38. The molecule has 76 valence electrons. The van der Waals surface area contributed by atoms with Crippen LogP contribution >= 0.6 is 0 Å². The highest BCUT2D eigenvalue weighted by Gasteiger charge is 2.20. The second-order valence-corrected chi connectivity index (χ2v) is 3.77. The zero-order valence-corrected chi connectivity index (χ0v) is 8.79. The molecule has 0 bridgehead atoms. The molecular formula is C10H15N3O. The van der Waals surface area contributed by atoms with E-state index >= 15 is 0 Å². The Balaban J connectivity index is 2.49. The highest BCUT2D eigenvalue weighted by Crippen LogP contribution is 2.24. The van der Waals surface area contributed by atoms with Crippen LogP contribution in [0.15, 0.2) is 0 Å². The molecule has 1 N–H and O–H groups in total. The highest BCUT2D eigenvalue weighted by molar-refractivity contribution is 5.34. The molecule has 2 rings (SSSR count). The molecule has 0 saturated carbocycles. The lowest BCUT2D eigenvalue weighted by molar-refractivity contribution is 0.388. The van der Waals surface area contributed by atoms with Crippen molar-refractivity contribution in [1.29, 1.82) is 0 Å². The molecule has 1 aliphatic rings. The van der Waals surface area contributed by atoms with Gasteiger partial charge >= 0.3 is 0 Å². The number of nitrogens with one attached hydrogen (secondary N) is 1. The lowest BCUT2D eigenvalue weighted by Gasteiger charge is -2.09. The van der Waals surface area contributed by atoms with E-state index in [-0.39, 0.29) is 0 Å². The Labute approximate surface area is 83.7 Å². The normalized spacial score (nSPS) is 14.6. The van der Waals surface area contributed by atoms with Crippen LogP contribution in [-0.2, 0) is 13.1 Å². The van der Waals surface area contributed by atoms with Crippen LogP contribution < -0.4 is 10.1 Å². The number of aromatic nitrogens is 2. The first kappa shape index (κ1) is 9.40. The molecule has 1 aliphatic heterocycles. The summed E-state index contributed by atoms with van der Waals surface area (Å²) in [6.45, 7) is 5.82. The molecule has 0 aromatic carbocycles. The number of methoxy groups -OCH3 is 1. The van der Waals surface area contributed by atoms with E-state index in [1.54, 1.807) is 7.11 Å². The Kier molecular flexibility index (Phi) is 2.37. The molecule has 0 spiro atoms. The van der Waals surface area contributed by atoms with Crippen molar-refractivity contribution in [3.8, 4) is 5.88 Å². The summed E-state index contributed by atoms with van der Waals surface area (Å²) >= 11 is 0. The fourth-order valence-electron chi connectivity index (χ4n) is 1.58. The van der Waals surface area contributed by atoms with Crippen molar-refractivity contribution in [3.05, 3.63) is 17.1 Å². The Hall–Kier alpha value is -1.16. The number of nitrogens with zero attached hydrogens (tertiary/aromatic N) is 2. The number of hydrogen-bond donors (Lipinski definition) is 1. The van der Waals surface area contributed by atoms with Gasteiger partial charge in [-0.1, -0.05) is 13.8 Å². The Bertz CT molecular complexity index is 349. The zero-order valence-electron chi connectivity index (χ0n) is 8.79. The molecule has 0 radical (unpaired) electrons. The van der Waals surface area contributed by atoms with Crippen LogP contribution in [0.2, 0.25) is 0 Å². The third-order valence-electron chi connectivity index (χ3n) is 2.38. The lowest BCUT2D eigenvalue weighted by Crippen LogP contribution is -2.04. The van der Waals surface area contributed by atoms with Crippen molar-refractivity contribution in [1.82, 2.24) is 15.3 Å². The van der Waals surface area contributed by atoms with Gasteiger partial charge in [0.15, 0.2) is 0 Å². The summed E-state index contributed by atoms with van der Waals surface area (Å²) in [7, 11) is 1.66. The SMILES string of the molecule is COc1nc(C(C)C)nc2c1CNC2. The molecule has 0 atom stereocenters. The van der Waals surface area contributed by atoms with Gasteiger partial charge in [-0.3, -0.25) is 0 Å². The molecule has 14 heavy (non-hydrogen) atoms. The molecule has 4 heteroatoms. The van der Waals surface area contributed by atoms with Crippen molar-refractivity contribution in [2.45, 2.75) is 32.9 Å². The second-order valence-electron chi connectivity index (χ2n) is 3.77. The van der Waals surface area contributed by atoms with E-state index in [0.29, 0.717) is 5.92 Å². The van der Waals surface area contributed by atoms with E-state index in [4.69, 9.17) is 4.74 Å². The fraction of sp³-hybridized carbons (Fsp3) is 0.600. The maximum atomic E-state index is 5.26. The van der Waals surface area contributed by atoms with Crippen molar-refractivity contribution in [2.24, 2.45) is 0 Å². The molecule has 1 aromatic heterocycles. The summed E-state index contributed by atoms with van der Waals surface area (Å²) in [5, 5.41) is 3.25. The van der Waals surface area contributed by atoms with E-state index in [9.17, 15) is 0 Å². The smallest absolute Gasteiger partial charge is 0.221 e. The predicted molar refractivity (Wildman–Crippen MR) is 53.2 cm³/mol. The van der Waals surface area contributed by atoms with Gasteiger partial charge in [-0.05, 0) is 0 Å². The van der Waals surface area contributed by atoms with E-state index in [1.165, 1.54) is 0 Å². The van der Waals surface area contributed by atoms with E-state index < -0.39 is 0 Å². The topological polar surface area (TPSA) is 47.0 Å². The van der Waals surface area contributed by atoms with Gasteiger partial charge in [-0.25, -0.2) is 4.98 Å². The monoisotopic (exact) mass is 193 g/mol. The van der Waals surface area contributed by atoms with Crippen molar-refractivity contribution in [3.63, 3.8) is 0 Å². The van der Waals surface area contributed by atoms with E-state index in [2.05, 4.69) is 29.1 Å². The van der Waals surface area contributed by atoms with Crippen LogP contribution in [0.5, 0.6) is 5.88 Å². The number of rotatable bonds is 2. The van der Waals surface area contributed by atoms with Crippen LogP contribution in [0.3, 0.4) is 0 Å². The number of hydrogen-bond acceptors (Lipinski definition) is 4. The van der Waals surface area contributed by atoms with Gasteiger partial charge in [0.25, 0.3) is 0 Å². The molecule has 0 fully saturated rings. The molecular weight excluding hydrogens is 178 g/mol. The zero-order chi connectivity index (χ0) is 10.1. The van der Waals surface area contributed by atoms with Crippen LogP contribution in [0.1, 0.15) is 36.8 Å². The van der Waals surface area contributed by atoms with Crippen molar-refractivity contribution < 1.29 is 4.74 Å². The molecule has 4 nitrogen and oxygen atoms in total. The van der Waals surface area contributed by atoms with E-state index in [0.717, 1.165) is 36.1 Å². The van der Waals surface area contributed by atoms with Gasteiger partial charge in [-0.15, -0.1) is 0 Å². The average Bonchev–Trinajstić information content (AvgIpc) is 2.63. The van der Waals surface area contributed by atoms with Crippen LogP contribution in [0, 0.1) is 0 Å². The van der Waals surface area contributed by atoms with Gasteiger partial charge in [0.05, 0.1) is 18.4 Å². The summed E-state index contributed by atoms with van der Waals surface area (Å²) in [5.41, 5.74) is 2.19. The third kappa shape index (κ3) is 1.46. The maximum Gasteiger partial charge on any atom is 0.221 e. The Morgan fingerprint density at radius 2 is 2.07 bits per heavy atom. The summed E-state index contributed by atoms with van der Waals surface area (Å²) in [6.07, 6.45) is 0. The fourth-order valence-corrected chi connectivity index (χ4v) is 1.58. The minimum atomic E-state index is 0.342. The quantitative estimate of drug-likeness (QED) is 0.767. The number of ether oxygens (including phenoxy) is 1. The lowest BCUT2D eigenvalue weighted by atomic mass is 10.2. The summed E-state index contributed by atoms with van der Waals surface area (Å²) in [4.78, 5) is 8.90. The second kappa shape index (κ2) is 3.53. The first-order valence-electron chi connectivity index (χ1n) is 4.86. The van der Waals surface area contributed by atoms with Gasteiger partial charge < -0.3 is 10.1 Å². The minimum Gasteiger partial charge on any atom is -0.481 e. The van der Waals surface area contributed by atoms with Crippen molar-refractivity contribution >= 4 is 0 Å². The van der Waals surface area contributed by atoms with Gasteiger partial charge in [0.1, 0.15) is 5.82 Å². The number of fused-ring (bicyclic) bond motifs is 1. The van der Waals surface area contributed by atoms with Gasteiger partial charge in [-0.2, -0.15) is 4.98 Å². The molecule has 2 heterocycles. The molecule has 0 aliphatic carbocycles.